The summed E-state index contributed by atoms with van der Waals surface area (Å²) in [6, 6.07) is 5.06. The number of benzene rings is 1. The van der Waals surface area contributed by atoms with Crippen molar-refractivity contribution in [3.63, 3.8) is 0 Å². The van der Waals surface area contributed by atoms with Crippen molar-refractivity contribution >= 4 is 28.8 Å². The molecule has 0 fully saturated rings. The molecule has 1 aromatic heterocycles. The molecular formula is C21H24N2O7. The summed E-state index contributed by atoms with van der Waals surface area (Å²) in [7, 11) is 0. The molecule has 0 saturated carbocycles. The topological polar surface area (TPSA) is 124 Å². The first-order valence-corrected chi connectivity index (χ1v) is 9.88. The lowest BCUT2D eigenvalue weighted by atomic mass is 10.1. The Morgan fingerprint density at radius 3 is 2.67 bits per heavy atom. The normalized spacial score (nSPS) is 12.3. The molecule has 2 amide bonds. The fourth-order valence-electron chi connectivity index (χ4n) is 3.24. The number of fused-ring (bicyclic) bond motifs is 3. The van der Waals surface area contributed by atoms with Crippen LogP contribution >= 0.6 is 0 Å². The summed E-state index contributed by atoms with van der Waals surface area (Å²) in [5.74, 6) is -1.29. The molecule has 1 aliphatic carbocycles. The second-order valence-electron chi connectivity index (χ2n) is 6.93. The highest BCUT2D eigenvalue weighted by Gasteiger charge is 2.19. The third-order valence-corrected chi connectivity index (χ3v) is 4.68. The molecule has 160 valence electrons. The Morgan fingerprint density at radius 1 is 1.07 bits per heavy atom. The molecule has 2 N–H and O–H groups in total. The van der Waals surface area contributed by atoms with E-state index in [1.54, 1.807) is 18.2 Å². The molecule has 1 aliphatic rings. The smallest absolute Gasteiger partial charge is 0.344 e. The molecule has 1 aromatic carbocycles. The van der Waals surface area contributed by atoms with Crippen LogP contribution in [-0.4, -0.2) is 44.1 Å². The van der Waals surface area contributed by atoms with Crippen molar-refractivity contribution in [2.75, 3.05) is 26.3 Å². The zero-order valence-corrected chi connectivity index (χ0v) is 16.7. The van der Waals surface area contributed by atoms with Gasteiger partial charge in [0.1, 0.15) is 11.3 Å². The Balaban J connectivity index is 1.46. The van der Waals surface area contributed by atoms with Gasteiger partial charge in [-0.25, -0.2) is 9.59 Å². The van der Waals surface area contributed by atoms with E-state index in [4.69, 9.17) is 13.9 Å². The van der Waals surface area contributed by atoms with Crippen LogP contribution in [0.3, 0.4) is 0 Å². The van der Waals surface area contributed by atoms with Crippen molar-refractivity contribution in [1.29, 1.82) is 0 Å². The summed E-state index contributed by atoms with van der Waals surface area (Å²) in [6.45, 7) is 1.34. The largest absolute Gasteiger partial charge is 0.482 e. The van der Waals surface area contributed by atoms with Crippen LogP contribution in [0.4, 0.5) is 0 Å². The quantitative estimate of drug-likeness (QED) is 0.459. The second kappa shape index (κ2) is 9.91. The lowest BCUT2D eigenvalue weighted by molar-refractivity contribution is -0.150. The predicted molar refractivity (Wildman–Crippen MR) is 107 cm³/mol. The van der Waals surface area contributed by atoms with Gasteiger partial charge in [-0.05, 0) is 43.4 Å². The van der Waals surface area contributed by atoms with E-state index in [1.165, 1.54) is 0 Å². The zero-order valence-electron chi connectivity index (χ0n) is 16.7. The molecule has 0 radical (unpaired) electrons. The molecule has 0 aliphatic heterocycles. The fraction of sp³-hybridized carbons (Fsp3) is 0.429. The Kier molecular flexibility index (Phi) is 7.05. The van der Waals surface area contributed by atoms with E-state index in [0.29, 0.717) is 17.9 Å². The molecule has 0 saturated heterocycles. The molecule has 0 bridgehead atoms. The van der Waals surface area contributed by atoms with E-state index in [1.807, 2.05) is 6.92 Å². The number of carbonyl (C=O) groups excluding carboxylic acids is 3. The van der Waals surface area contributed by atoms with Gasteiger partial charge < -0.3 is 24.5 Å². The van der Waals surface area contributed by atoms with E-state index in [2.05, 4.69) is 10.6 Å². The molecule has 9 heteroatoms. The van der Waals surface area contributed by atoms with Crippen LogP contribution in [0.5, 0.6) is 5.75 Å². The number of carbonyl (C=O) groups is 3. The minimum Gasteiger partial charge on any atom is -0.482 e. The van der Waals surface area contributed by atoms with Gasteiger partial charge in [-0.1, -0.05) is 6.92 Å². The Labute approximate surface area is 172 Å². The molecule has 0 atom stereocenters. The van der Waals surface area contributed by atoms with Gasteiger partial charge in [0, 0.05) is 23.6 Å². The fourth-order valence-corrected chi connectivity index (χ4v) is 3.24. The Bertz CT molecular complexity index is 1010. The van der Waals surface area contributed by atoms with Crippen molar-refractivity contribution in [2.45, 2.75) is 32.6 Å². The van der Waals surface area contributed by atoms with E-state index < -0.39 is 25.1 Å². The Morgan fingerprint density at radius 2 is 1.87 bits per heavy atom. The van der Waals surface area contributed by atoms with Crippen LogP contribution in [0.1, 0.15) is 30.9 Å². The molecule has 3 rings (SSSR count). The first kappa shape index (κ1) is 21.4. The van der Waals surface area contributed by atoms with Crippen LogP contribution in [0.2, 0.25) is 0 Å². The SMILES string of the molecule is CCCNC(=O)CNC(=O)COC(=O)COc1ccc2c3c(c(=O)oc2c1)CCC3. The Hall–Kier alpha value is -3.36. The van der Waals surface area contributed by atoms with Crippen molar-refractivity contribution in [3.05, 3.63) is 39.7 Å². The van der Waals surface area contributed by atoms with E-state index >= 15 is 0 Å². The first-order chi connectivity index (χ1) is 14.5. The minimum atomic E-state index is -0.740. The zero-order chi connectivity index (χ0) is 21.5. The molecule has 0 unspecified atom stereocenters. The standard InChI is InChI=1S/C21H24N2O7/c1-2-8-22-18(24)10-23-19(25)11-29-20(26)12-28-13-6-7-15-14-4-3-5-16(14)21(27)30-17(15)9-13/h6-7,9H,2-5,8,10-12H2,1H3,(H,22,24)(H,23,25). The van der Waals surface area contributed by atoms with Crippen LogP contribution in [0.25, 0.3) is 11.0 Å². The third-order valence-electron chi connectivity index (χ3n) is 4.68. The second-order valence-corrected chi connectivity index (χ2v) is 6.93. The summed E-state index contributed by atoms with van der Waals surface area (Å²) in [4.78, 5) is 46.9. The van der Waals surface area contributed by atoms with Crippen molar-refractivity contribution in [3.8, 4) is 5.75 Å². The lowest BCUT2D eigenvalue weighted by Crippen LogP contribution is -2.39. The van der Waals surface area contributed by atoms with Crippen LogP contribution < -0.4 is 21.0 Å². The average Bonchev–Trinajstić information content (AvgIpc) is 3.24. The summed E-state index contributed by atoms with van der Waals surface area (Å²) < 4.78 is 15.6. The summed E-state index contributed by atoms with van der Waals surface area (Å²) in [5, 5.41) is 5.84. The number of nitrogens with one attached hydrogen (secondary N) is 2. The predicted octanol–water partition coefficient (Wildman–Crippen LogP) is 0.846. The van der Waals surface area contributed by atoms with E-state index in [-0.39, 0.29) is 18.1 Å². The minimum absolute atomic E-state index is 0.182. The number of amides is 2. The lowest BCUT2D eigenvalue weighted by Gasteiger charge is -2.09. The highest BCUT2D eigenvalue weighted by Crippen LogP contribution is 2.29. The molecule has 1 heterocycles. The van der Waals surface area contributed by atoms with Crippen molar-refractivity contribution < 1.29 is 28.3 Å². The van der Waals surface area contributed by atoms with Gasteiger partial charge in [-0.15, -0.1) is 0 Å². The number of esters is 1. The maximum atomic E-state index is 12.1. The van der Waals surface area contributed by atoms with Gasteiger partial charge in [0.05, 0.1) is 6.54 Å². The molecule has 30 heavy (non-hydrogen) atoms. The van der Waals surface area contributed by atoms with Crippen LogP contribution in [0, 0.1) is 0 Å². The van der Waals surface area contributed by atoms with Crippen molar-refractivity contribution in [2.24, 2.45) is 0 Å². The molecular weight excluding hydrogens is 392 g/mol. The van der Waals surface area contributed by atoms with Crippen molar-refractivity contribution in [1.82, 2.24) is 10.6 Å². The van der Waals surface area contributed by atoms with Gasteiger partial charge in [0.2, 0.25) is 5.91 Å². The maximum Gasteiger partial charge on any atom is 0.344 e. The third kappa shape index (κ3) is 5.37. The number of hydrogen-bond acceptors (Lipinski definition) is 7. The first-order valence-electron chi connectivity index (χ1n) is 9.88. The van der Waals surface area contributed by atoms with E-state index in [0.717, 1.165) is 42.2 Å². The highest BCUT2D eigenvalue weighted by molar-refractivity contribution is 5.86. The number of hydrogen-bond donors (Lipinski definition) is 2. The van der Waals surface area contributed by atoms with Gasteiger partial charge in [-0.2, -0.15) is 0 Å². The van der Waals surface area contributed by atoms with Gasteiger partial charge in [-0.3, -0.25) is 9.59 Å². The van der Waals surface area contributed by atoms with Crippen LogP contribution in [0.15, 0.2) is 27.4 Å². The molecule has 0 spiro atoms. The maximum absolute atomic E-state index is 12.1. The highest BCUT2D eigenvalue weighted by atomic mass is 16.6. The number of rotatable bonds is 9. The van der Waals surface area contributed by atoms with Crippen LogP contribution in [-0.2, 0) is 32.0 Å². The van der Waals surface area contributed by atoms with Gasteiger partial charge in [0.25, 0.3) is 5.91 Å². The number of aryl methyl sites for hydroxylation is 1. The van der Waals surface area contributed by atoms with Gasteiger partial charge >= 0.3 is 11.6 Å². The molecule has 2 aromatic rings. The monoisotopic (exact) mass is 416 g/mol. The van der Waals surface area contributed by atoms with Gasteiger partial charge in [0.15, 0.2) is 13.2 Å². The summed E-state index contributed by atoms with van der Waals surface area (Å²) >= 11 is 0. The number of ether oxygens (including phenoxy) is 2. The summed E-state index contributed by atoms with van der Waals surface area (Å²) in [5.41, 5.74) is 1.83. The average molecular weight is 416 g/mol. The molecule has 9 nitrogen and oxygen atoms in total. The van der Waals surface area contributed by atoms with E-state index in [9.17, 15) is 19.2 Å². The summed E-state index contributed by atoms with van der Waals surface area (Å²) in [6.07, 6.45) is 3.30.